The van der Waals surface area contributed by atoms with Gasteiger partial charge >= 0.3 is 0 Å². The SMILES string of the molecule is CC(C)Cn1[nH]c(=O)c2c1COCC2. The Balaban J connectivity index is 2.36. The molecule has 2 heterocycles. The van der Waals surface area contributed by atoms with Crippen LogP contribution in [-0.2, 0) is 24.3 Å². The van der Waals surface area contributed by atoms with Crippen molar-refractivity contribution in [2.45, 2.75) is 33.4 Å². The van der Waals surface area contributed by atoms with Crippen LogP contribution in [-0.4, -0.2) is 16.4 Å². The summed E-state index contributed by atoms with van der Waals surface area (Å²) in [5, 5.41) is 2.87. The molecule has 1 N–H and O–H groups in total. The van der Waals surface area contributed by atoms with Crippen LogP contribution >= 0.6 is 0 Å². The first-order chi connectivity index (χ1) is 6.68. The van der Waals surface area contributed by atoms with E-state index in [4.69, 9.17) is 4.74 Å². The van der Waals surface area contributed by atoms with Gasteiger partial charge in [0.1, 0.15) is 0 Å². The second-order valence-corrected chi connectivity index (χ2v) is 4.17. The van der Waals surface area contributed by atoms with E-state index in [1.807, 2.05) is 4.68 Å². The maximum atomic E-state index is 11.5. The minimum absolute atomic E-state index is 0.0592. The zero-order valence-corrected chi connectivity index (χ0v) is 8.67. The summed E-state index contributed by atoms with van der Waals surface area (Å²) in [7, 11) is 0. The van der Waals surface area contributed by atoms with Gasteiger partial charge in [-0.05, 0) is 5.92 Å². The molecule has 0 aromatic carbocycles. The van der Waals surface area contributed by atoms with Crippen molar-refractivity contribution in [3.63, 3.8) is 0 Å². The lowest BCUT2D eigenvalue weighted by Crippen LogP contribution is -2.16. The molecule has 0 atom stereocenters. The quantitative estimate of drug-likeness (QED) is 0.764. The maximum Gasteiger partial charge on any atom is 0.267 e. The van der Waals surface area contributed by atoms with E-state index in [1.165, 1.54) is 0 Å². The van der Waals surface area contributed by atoms with Crippen molar-refractivity contribution in [1.82, 2.24) is 9.78 Å². The Morgan fingerprint density at radius 3 is 3.07 bits per heavy atom. The van der Waals surface area contributed by atoms with Gasteiger partial charge in [-0.3, -0.25) is 14.6 Å². The molecule has 0 saturated carbocycles. The molecule has 4 nitrogen and oxygen atoms in total. The highest BCUT2D eigenvalue weighted by molar-refractivity contribution is 5.19. The van der Waals surface area contributed by atoms with Gasteiger partial charge in [0.25, 0.3) is 5.56 Å². The highest BCUT2D eigenvalue weighted by Gasteiger charge is 2.18. The Labute approximate surface area is 82.9 Å². The first-order valence-corrected chi connectivity index (χ1v) is 5.06. The van der Waals surface area contributed by atoms with Crippen molar-refractivity contribution >= 4 is 0 Å². The van der Waals surface area contributed by atoms with E-state index in [9.17, 15) is 4.79 Å². The highest BCUT2D eigenvalue weighted by atomic mass is 16.5. The molecule has 0 spiro atoms. The number of H-pyrrole nitrogens is 1. The lowest BCUT2D eigenvalue weighted by molar-refractivity contribution is 0.103. The van der Waals surface area contributed by atoms with Gasteiger partial charge in [-0.15, -0.1) is 0 Å². The number of ether oxygens (including phenoxy) is 1. The van der Waals surface area contributed by atoms with Crippen LogP contribution < -0.4 is 5.56 Å². The molecule has 78 valence electrons. The molecule has 0 bridgehead atoms. The molecule has 0 amide bonds. The molecule has 0 unspecified atom stereocenters. The number of nitrogens with zero attached hydrogens (tertiary/aromatic N) is 1. The monoisotopic (exact) mass is 196 g/mol. The lowest BCUT2D eigenvalue weighted by atomic mass is 10.1. The molecule has 1 aromatic rings. The highest BCUT2D eigenvalue weighted by Crippen LogP contribution is 2.13. The number of fused-ring (bicyclic) bond motifs is 1. The molecule has 0 fully saturated rings. The molecule has 1 aliphatic heterocycles. The smallest absolute Gasteiger partial charge is 0.267 e. The fourth-order valence-corrected chi connectivity index (χ4v) is 1.84. The largest absolute Gasteiger partial charge is 0.375 e. The fraction of sp³-hybridized carbons (Fsp3) is 0.700. The van der Waals surface area contributed by atoms with Crippen LogP contribution in [0.5, 0.6) is 0 Å². The summed E-state index contributed by atoms with van der Waals surface area (Å²) in [6, 6.07) is 0. The molecule has 0 radical (unpaired) electrons. The molecule has 0 aliphatic carbocycles. The summed E-state index contributed by atoms with van der Waals surface area (Å²) < 4.78 is 7.28. The molecule has 2 rings (SSSR count). The van der Waals surface area contributed by atoms with E-state index in [0.717, 1.165) is 24.2 Å². The lowest BCUT2D eigenvalue weighted by Gasteiger charge is -2.15. The van der Waals surface area contributed by atoms with Crippen LogP contribution in [0.3, 0.4) is 0 Å². The number of aromatic nitrogens is 2. The van der Waals surface area contributed by atoms with Gasteiger partial charge in [-0.25, -0.2) is 0 Å². The zero-order valence-electron chi connectivity index (χ0n) is 8.67. The van der Waals surface area contributed by atoms with E-state index in [2.05, 4.69) is 18.9 Å². The maximum absolute atomic E-state index is 11.5. The third kappa shape index (κ3) is 1.62. The fourth-order valence-electron chi connectivity index (χ4n) is 1.84. The van der Waals surface area contributed by atoms with Crippen LogP contribution in [0, 0.1) is 5.92 Å². The summed E-state index contributed by atoms with van der Waals surface area (Å²) in [5.41, 5.74) is 2.01. The summed E-state index contributed by atoms with van der Waals surface area (Å²) in [6.45, 7) is 6.36. The van der Waals surface area contributed by atoms with Crippen LogP contribution in [0.4, 0.5) is 0 Å². The van der Waals surface area contributed by atoms with E-state index in [0.29, 0.717) is 19.1 Å². The Bertz CT molecular complexity index is 376. The van der Waals surface area contributed by atoms with Gasteiger partial charge in [0.2, 0.25) is 0 Å². The number of hydrogen-bond acceptors (Lipinski definition) is 2. The third-order valence-electron chi connectivity index (χ3n) is 2.47. The summed E-state index contributed by atoms with van der Waals surface area (Å²) in [5.74, 6) is 0.532. The molecule has 1 aliphatic rings. The van der Waals surface area contributed by atoms with E-state index in [1.54, 1.807) is 0 Å². The van der Waals surface area contributed by atoms with Gasteiger partial charge in [-0.1, -0.05) is 13.8 Å². The summed E-state index contributed by atoms with van der Waals surface area (Å²) in [6.07, 6.45) is 0.746. The minimum atomic E-state index is 0.0592. The molecule has 0 saturated heterocycles. The Morgan fingerprint density at radius 2 is 2.36 bits per heavy atom. The van der Waals surface area contributed by atoms with E-state index >= 15 is 0 Å². The first kappa shape index (κ1) is 9.52. The Hall–Kier alpha value is -1.03. The van der Waals surface area contributed by atoms with Crippen LogP contribution in [0.2, 0.25) is 0 Å². The number of nitrogens with one attached hydrogen (secondary N) is 1. The average Bonchev–Trinajstić information content (AvgIpc) is 2.44. The number of rotatable bonds is 2. The van der Waals surface area contributed by atoms with Crippen molar-refractivity contribution in [2.75, 3.05) is 6.61 Å². The van der Waals surface area contributed by atoms with Crippen molar-refractivity contribution in [2.24, 2.45) is 5.92 Å². The van der Waals surface area contributed by atoms with Crippen LogP contribution in [0.25, 0.3) is 0 Å². The molecule has 14 heavy (non-hydrogen) atoms. The predicted molar refractivity (Wildman–Crippen MR) is 53.3 cm³/mol. The van der Waals surface area contributed by atoms with Gasteiger partial charge in [0.15, 0.2) is 0 Å². The second kappa shape index (κ2) is 3.61. The van der Waals surface area contributed by atoms with Crippen LogP contribution in [0.15, 0.2) is 4.79 Å². The predicted octanol–water partition coefficient (Wildman–Crippen LogP) is 0.905. The summed E-state index contributed by atoms with van der Waals surface area (Å²) >= 11 is 0. The van der Waals surface area contributed by atoms with Crippen molar-refractivity contribution in [3.05, 3.63) is 21.6 Å². The minimum Gasteiger partial charge on any atom is -0.375 e. The van der Waals surface area contributed by atoms with Crippen molar-refractivity contribution in [3.8, 4) is 0 Å². The van der Waals surface area contributed by atoms with Gasteiger partial charge in [0, 0.05) is 18.5 Å². The Kier molecular flexibility index (Phi) is 2.46. The van der Waals surface area contributed by atoms with Gasteiger partial charge < -0.3 is 4.74 Å². The van der Waals surface area contributed by atoms with Crippen LogP contribution in [0.1, 0.15) is 25.1 Å². The average molecular weight is 196 g/mol. The molecular weight excluding hydrogens is 180 g/mol. The summed E-state index contributed by atoms with van der Waals surface area (Å²) in [4.78, 5) is 11.5. The molecule has 4 heteroatoms. The van der Waals surface area contributed by atoms with Crippen molar-refractivity contribution in [1.29, 1.82) is 0 Å². The first-order valence-electron chi connectivity index (χ1n) is 5.06. The van der Waals surface area contributed by atoms with Gasteiger partial charge in [-0.2, -0.15) is 0 Å². The number of hydrogen-bond donors (Lipinski definition) is 1. The molecule has 1 aromatic heterocycles. The second-order valence-electron chi connectivity index (χ2n) is 4.17. The van der Waals surface area contributed by atoms with E-state index < -0.39 is 0 Å². The normalized spacial score (nSPS) is 15.9. The topological polar surface area (TPSA) is 47.0 Å². The third-order valence-corrected chi connectivity index (χ3v) is 2.47. The standard InChI is InChI=1S/C10H16N2O2/c1-7(2)5-12-9-6-14-4-3-8(9)10(13)11-12/h7H,3-6H2,1-2H3,(H,11,13). The van der Waals surface area contributed by atoms with Crippen molar-refractivity contribution < 1.29 is 4.74 Å². The number of aromatic amines is 1. The molecular formula is C10H16N2O2. The zero-order chi connectivity index (χ0) is 10.1. The Morgan fingerprint density at radius 1 is 1.57 bits per heavy atom. The van der Waals surface area contributed by atoms with Gasteiger partial charge in [0.05, 0.1) is 18.9 Å². The van der Waals surface area contributed by atoms with E-state index in [-0.39, 0.29) is 5.56 Å².